The summed E-state index contributed by atoms with van der Waals surface area (Å²) in [5.41, 5.74) is 0. The zero-order chi connectivity index (χ0) is 29.7. The largest absolute Gasteiger partial charge is 0.460 e. The Hall–Kier alpha value is -1.27. The van der Waals surface area contributed by atoms with Crippen LogP contribution >= 0.6 is 58.1 Å². The summed E-state index contributed by atoms with van der Waals surface area (Å²) < 4.78 is 155. The molecule has 3 rings (SSSR count). The molecule has 0 aromatic heterocycles. The van der Waals surface area contributed by atoms with Crippen molar-refractivity contribution < 1.29 is 51.6 Å². The topological polar surface area (TPSA) is 43.4 Å². The number of rotatable bonds is 8. The molecule has 0 radical (unpaired) electrons. The van der Waals surface area contributed by atoms with E-state index in [1.54, 1.807) is 0 Å². The Morgan fingerprint density at radius 2 is 0.795 bits per heavy atom. The molecule has 0 amide bonds. The molecule has 3 aromatic rings. The zero-order valence-electron chi connectivity index (χ0n) is 18.5. The van der Waals surface area contributed by atoms with Crippen LogP contribution in [0.25, 0.3) is 0 Å². The van der Waals surface area contributed by atoms with Crippen LogP contribution in [0.1, 0.15) is 0 Å². The highest BCUT2D eigenvalue weighted by molar-refractivity contribution is 9.11. The molecule has 0 fully saturated rings. The van der Waals surface area contributed by atoms with Gasteiger partial charge in [-0.3, -0.25) is 0 Å². The maximum absolute atomic E-state index is 14.8. The Labute approximate surface area is 242 Å². The molecule has 0 heterocycles. The molecular weight excluding hydrogens is 787 g/mol. The normalized spacial score (nSPS) is 14.4. The van der Waals surface area contributed by atoms with Crippen LogP contribution in [0, 0.1) is 0 Å². The summed E-state index contributed by atoms with van der Waals surface area (Å²) in [7, 11) is -11.3. The Morgan fingerprint density at radius 3 is 1.05 bits per heavy atom. The van der Waals surface area contributed by atoms with E-state index in [1.807, 2.05) is 0 Å². The monoisotopic (exact) mass is 796 g/mol. The summed E-state index contributed by atoms with van der Waals surface area (Å²) in [6, 6.07) is 15.1. The highest BCUT2D eigenvalue weighted by Gasteiger charge is 2.86. The van der Waals surface area contributed by atoms with E-state index in [1.165, 1.54) is 72.8 Å². The van der Waals surface area contributed by atoms with Crippen molar-refractivity contribution >= 4 is 68.2 Å². The molecule has 3 nitrogen and oxygen atoms in total. The van der Waals surface area contributed by atoms with Gasteiger partial charge in [-0.15, -0.1) is 0 Å². The third-order valence-corrected chi connectivity index (χ3v) is 11.9. The van der Waals surface area contributed by atoms with Crippen molar-refractivity contribution in [1.29, 1.82) is 0 Å². The maximum Gasteiger partial charge on any atom is 0.460 e. The molecule has 0 saturated carbocycles. The van der Waals surface area contributed by atoms with Gasteiger partial charge in [-0.25, -0.2) is 3.63 Å². The van der Waals surface area contributed by atoms with E-state index in [4.69, 9.17) is 3.63 Å². The van der Waals surface area contributed by atoms with Crippen LogP contribution < -0.4 is 0 Å². The van der Waals surface area contributed by atoms with Crippen molar-refractivity contribution in [3.05, 3.63) is 86.2 Å². The summed E-state index contributed by atoms with van der Waals surface area (Å²) in [4.78, 5) is -0.582. The minimum absolute atomic E-state index is 0.194. The lowest BCUT2D eigenvalue weighted by Crippen LogP contribution is -2.63. The third kappa shape index (κ3) is 5.63. The minimum Gasteiger partial charge on any atom is -0.202 e. The summed E-state index contributed by atoms with van der Waals surface area (Å²) in [6.07, 6.45) is -7.22. The highest BCUT2D eigenvalue weighted by atomic mass is 79.9. The van der Waals surface area contributed by atoms with Crippen LogP contribution in [0.5, 0.6) is 0 Å². The van der Waals surface area contributed by atoms with E-state index in [9.17, 15) is 47.9 Å². The van der Waals surface area contributed by atoms with Crippen LogP contribution in [0.4, 0.5) is 39.5 Å². The van der Waals surface area contributed by atoms with Crippen LogP contribution in [0.15, 0.2) is 101 Å². The predicted molar refractivity (Wildman–Crippen MR) is 136 cm³/mol. The molecular formula is C22H12Br3F9O3S2. The van der Waals surface area contributed by atoms with E-state index in [2.05, 4.69) is 47.8 Å². The lowest BCUT2D eigenvalue weighted by atomic mass is 10.1. The van der Waals surface area contributed by atoms with Gasteiger partial charge >= 0.3 is 33.4 Å². The van der Waals surface area contributed by atoms with Crippen molar-refractivity contribution in [2.45, 2.75) is 38.0 Å². The van der Waals surface area contributed by atoms with Gasteiger partial charge in [0.05, 0.1) is 0 Å². The van der Waals surface area contributed by atoms with E-state index < -0.39 is 43.7 Å². The minimum atomic E-state index is -7.46. The second-order valence-electron chi connectivity index (χ2n) is 7.60. The predicted octanol–water partition coefficient (Wildman–Crippen LogP) is 9.94. The molecule has 17 heteroatoms. The second kappa shape index (κ2) is 10.9. The molecule has 0 unspecified atom stereocenters. The van der Waals surface area contributed by atoms with Crippen molar-refractivity contribution in [1.82, 2.24) is 0 Å². The van der Waals surface area contributed by atoms with Crippen molar-refractivity contribution in [3.8, 4) is 0 Å². The molecule has 0 aliphatic rings. The van der Waals surface area contributed by atoms with Gasteiger partial charge in [0, 0.05) is 28.1 Å². The van der Waals surface area contributed by atoms with Crippen LogP contribution in [-0.2, 0) is 13.7 Å². The fraction of sp³-hybridized carbons (Fsp3) is 0.182. The van der Waals surface area contributed by atoms with Gasteiger partial charge < -0.3 is 0 Å². The van der Waals surface area contributed by atoms with Crippen molar-refractivity contribution in [3.63, 3.8) is 0 Å². The Kier molecular flexibility index (Phi) is 8.97. The first kappa shape index (κ1) is 32.2. The first-order valence-corrected chi connectivity index (χ1v) is 15.3. The first-order valence-electron chi connectivity index (χ1n) is 9.97. The van der Waals surface area contributed by atoms with Gasteiger partial charge in [-0.2, -0.15) is 47.9 Å². The number of hydrogen-bond donors (Lipinski definition) is 0. The van der Waals surface area contributed by atoms with E-state index >= 15 is 0 Å². The van der Waals surface area contributed by atoms with E-state index in [-0.39, 0.29) is 14.7 Å². The molecule has 0 aliphatic carbocycles. The average molecular weight is 799 g/mol. The number of alkyl halides is 9. The maximum atomic E-state index is 14.8. The number of benzene rings is 3. The standard InChI is InChI=1S/C22H12Br3F9O3S2/c23-13-1-7-16(8-2-13)38(17-9-3-14(24)4-10-17,18-11-5-15(25)6-12-18)37-39(35,36)22(33,34)20(28,29)19(26,27)21(30,31)32/h1-12H. The third-order valence-electron chi connectivity index (χ3n) is 5.06. The summed E-state index contributed by atoms with van der Waals surface area (Å²) >= 11 is 9.40. The van der Waals surface area contributed by atoms with Gasteiger partial charge in [-0.05, 0) is 83.1 Å². The number of hydrogen-bond acceptors (Lipinski definition) is 3. The smallest absolute Gasteiger partial charge is 0.202 e. The molecule has 0 bridgehead atoms. The van der Waals surface area contributed by atoms with Crippen molar-refractivity contribution in [2.75, 3.05) is 0 Å². The van der Waals surface area contributed by atoms with Crippen LogP contribution in [-0.4, -0.2) is 31.7 Å². The molecule has 214 valence electrons. The molecule has 3 aromatic carbocycles. The molecule has 0 spiro atoms. The fourth-order valence-corrected chi connectivity index (χ4v) is 9.07. The van der Waals surface area contributed by atoms with E-state index in [0.29, 0.717) is 13.4 Å². The molecule has 0 N–H and O–H groups in total. The lowest BCUT2D eigenvalue weighted by Gasteiger charge is -2.41. The number of halogens is 12. The summed E-state index contributed by atoms with van der Waals surface area (Å²) in [6.45, 7) is 0. The second-order valence-corrected chi connectivity index (χ2v) is 14.8. The Balaban J connectivity index is 2.38. The highest BCUT2D eigenvalue weighted by Crippen LogP contribution is 2.71. The quantitative estimate of drug-likeness (QED) is 0.213. The molecule has 39 heavy (non-hydrogen) atoms. The van der Waals surface area contributed by atoms with Crippen LogP contribution in [0.3, 0.4) is 0 Å². The van der Waals surface area contributed by atoms with Gasteiger partial charge in [0.1, 0.15) is 0 Å². The Morgan fingerprint density at radius 1 is 0.513 bits per heavy atom. The average Bonchev–Trinajstić information content (AvgIpc) is 2.83. The van der Waals surface area contributed by atoms with Gasteiger partial charge in [-0.1, -0.05) is 47.8 Å². The Bertz CT molecular complexity index is 1320. The lowest BCUT2D eigenvalue weighted by molar-refractivity contribution is -0.382. The fourth-order valence-electron chi connectivity index (χ4n) is 3.10. The summed E-state index contributed by atoms with van der Waals surface area (Å²) in [5, 5.41) is -7.04. The SMILES string of the molecule is O=S(=O)(OS(c1ccc(Br)cc1)(c1ccc(Br)cc1)c1ccc(Br)cc1)C(F)(F)C(F)(F)C(F)(F)C(F)(F)F. The molecule has 0 aliphatic heterocycles. The summed E-state index contributed by atoms with van der Waals surface area (Å²) in [5.74, 6) is -14.9. The molecule has 0 atom stereocenters. The van der Waals surface area contributed by atoms with Gasteiger partial charge in [0.25, 0.3) is 0 Å². The molecule has 0 saturated heterocycles. The van der Waals surface area contributed by atoms with Gasteiger partial charge in [0.15, 0.2) is 0 Å². The van der Waals surface area contributed by atoms with Crippen LogP contribution in [0.2, 0.25) is 0 Å². The zero-order valence-corrected chi connectivity index (χ0v) is 24.9. The van der Waals surface area contributed by atoms with E-state index in [0.717, 1.165) is 0 Å². The first-order chi connectivity index (χ1) is 17.7. The van der Waals surface area contributed by atoms with Crippen molar-refractivity contribution in [2.24, 2.45) is 0 Å². The van der Waals surface area contributed by atoms with Gasteiger partial charge in [0.2, 0.25) is 0 Å².